The van der Waals surface area contributed by atoms with E-state index < -0.39 is 23.7 Å². The lowest BCUT2D eigenvalue weighted by Crippen LogP contribution is -2.50. The fourth-order valence-corrected chi connectivity index (χ4v) is 1.96. The summed E-state index contributed by atoms with van der Waals surface area (Å²) in [6.07, 6.45) is 0.346. The summed E-state index contributed by atoms with van der Waals surface area (Å²) in [6, 6.07) is 0. The molecule has 0 saturated carbocycles. The largest absolute Gasteiger partial charge is 0.479 e. The lowest BCUT2D eigenvalue weighted by molar-refractivity contribution is -0.152. The molecular weight excluding hydrogens is 238 g/mol. The number of aliphatic hydroxyl groups excluding tert-OH is 1. The molecule has 3 atom stereocenters. The van der Waals surface area contributed by atoms with Crippen LogP contribution in [-0.4, -0.2) is 46.4 Å². The number of rotatable bonds is 6. The van der Waals surface area contributed by atoms with Crippen LogP contribution in [0.4, 0.5) is 0 Å². The molecule has 104 valence electrons. The molecule has 0 radical (unpaired) electrons. The molecule has 18 heavy (non-hydrogen) atoms. The zero-order valence-electron chi connectivity index (χ0n) is 10.8. The Kier molecular flexibility index (Phi) is 5.10. The molecule has 1 amide bonds. The summed E-state index contributed by atoms with van der Waals surface area (Å²) in [5, 5.41) is 20.6. The van der Waals surface area contributed by atoms with Crippen molar-refractivity contribution in [2.45, 2.75) is 57.3 Å². The first kappa shape index (κ1) is 14.9. The highest BCUT2D eigenvalue weighted by atomic mass is 16.5. The quantitative estimate of drug-likeness (QED) is 0.637. The van der Waals surface area contributed by atoms with Crippen molar-refractivity contribution in [2.24, 2.45) is 0 Å². The minimum absolute atomic E-state index is 0.00606. The monoisotopic (exact) mass is 259 g/mol. The standard InChI is InChI=1S/C12H21NO5/c1-3-12(2,6-7-14)13-10(15)8-4-5-9(18-8)11(16)17/h8-9,14H,3-7H2,1-2H3,(H,13,15)(H,16,17)/t8-,9+,12?/m0/s1. The summed E-state index contributed by atoms with van der Waals surface area (Å²) in [5.41, 5.74) is -0.476. The van der Waals surface area contributed by atoms with Gasteiger partial charge in [0.1, 0.15) is 6.10 Å². The zero-order valence-corrected chi connectivity index (χ0v) is 10.8. The first-order chi connectivity index (χ1) is 8.41. The van der Waals surface area contributed by atoms with Crippen molar-refractivity contribution in [3.63, 3.8) is 0 Å². The summed E-state index contributed by atoms with van der Waals surface area (Å²) in [6.45, 7) is 3.77. The number of aliphatic carboxylic acids is 1. The van der Waals surface area contributed by atoms with Crippen LogP contribution >= 0.6 is 0 Å². The highest BCUT2D eigenvalue weighted by Crippen LogP contribution is 2.22. The summed E-state index contributed by atoms with van der Waals surface area (Å²) in [5.74, 6) is -1.32. The number of carboxylic acids is 1. The van der Waals surface area contributed by atoms with E-state index in [2.05, 4.69) is 5.32 Å². The molecule has 6 heteroatoms. The number of hydrogen-bond acceptors (Lipinski definition) is 4. The van der Waals surface area contributed by atoms with Crippen LogP contribution in [-0.2, 0) is 14.3 Å². The van der Waals surface area contributed by atoms with Crippen LogP contribution in [0.15, 0.2) is 0 Å². The highest BCUT2D eigenvalue weighted by molar-refractivity contribution is 5.83. The first-order valence-corrected chi connectivity index (χ1v) is 6.23. The maximum Gasteiger partial charge on any atom is 0.332 e. The van der Waals surface area contributed by atoms with Crippen molar-refractivity contribution < 1.29 is 24.5 Å². The Morgan fingerprint density at radius 3 is 2.44 bits per heavy atom. The molecule has 1 heterocycles. The third-order valence-corrected chi connectivity index (χ3v) is 3.46. The number of carboxylic acid groups (broad SMARTS) is 1. The lowest BCUT2D eigenvalue weighted by atomic mass is 9.94. The van der Waals surface area contributed by atoms with Gasteiger partial charge in [0.2, 0.25) is 5.91 Å². The number of nitrogens with one attached hydrogen (secondary N) is 1. The van der Waals surface area contributed by atoms with Crippen molar-refractivity contribution in [3.05, 3.63) is 0 Å². The number of carbonyl (C=O) groups excluding carboxylic acids is 1. The van der Waals surface area contributed by atoms with Crippen molar-refractivity contribution in [1.29, 1.82) is 0 Å². The molecule has 1 unspecified atom stereocenters. The predicted octanol–water partition coefficient (Wildman–Crippen LogP) is 0.286. The molecule has 0 spiro atoms. The highest BCUT2D eigenvalue weighted by Gasteiger charge is 2.36. The van der Waals surface area contributed by atoms with E-state index in [-0.39, 0.29) is 12.5 Å². The van der Waals surface area contributed by atoms with Gasteiger partial charge in [0, 0.05) is 12.1 Å². The van der Waals surface area contributed by atoms with Gasteiger partial charge < -0.3 is 20.3 Å². The fourth-order valence-electron chi connectivity index (χ4n) is 1.96. The molecule has 1 rings (SSSR count). The summed E-state index contributed by atoms with van der Waals surface area (Å²) >= 11 is 0. The lowest BCUT2D eigenvalue weighted by Gasteiger charge is -2.30. The molecule has 1 aliphatic rings. The van der Waals surface area contributed by atoms with E-state index in [1.165, 1.54) is 0 Å². The van der Waals surface area contributed by atoms with Crippen molar-refractivity contribution in [1.82, 2.24) is 5.32 Å². The molecule has 0 aromatic carbocycles. The van der Waals surface area contributed by atoms with Gasteiger partial charge in [-0.15, -0.1) is 0 Å². The Balaban J connectivity index is 2.53. The maximum absolute atomic E-state index is 12.0. The van der Waals surface area contributed by atoms with Crippen LogP contribution in [0.5, 0.6) is 0 Å². The van der Waals surface area contributed by atoms with Crippen molar-refractivity contribution in [3.8, 4) is 0 Å². The maximum atomic E-state index is 12.0. The van der Waals surface area contributed by atoms with Crippen LogP contribution in [0.25, 0.3) is 0 Å². The molecule has 1 fully saturated rings. The average molecular weight is 259 g/mol. The average Bonchev–Trinajstić information content (AvgIpc) is 2.78. The van der Waals surface area contributed by atoms with E-state index in [1.54, 1.807) is 0 Å². The van der Waals surface area contributed by atoms with Crippen LogP contribution in [0.1, 0.15) is 39.5 Å². The SMILES string of the molecule is CCC(C)(CCO)NC(=O)[C@@H]1CC[C@H](C(=O)O)O1. The molecule has 1 aliphatic heterocycles. The Morgan fingerprint density at radius 2 is 2.00 bits per heavy atom. The van der Waals surface area contributed by atoms with E-state index in [0.717, 1.165) is 0 Å². The van der Waals surface area contributed by atoms with Gasteiger partial charge in [-0.1, -0.05) is 6.92 Å². The van der Waals surface area contributed by atoms with Gasteiger partial charge in [-0.3, -0.25) is 4.79 Å². The summed E-state index contributed by atoms with van der Waals surface area (Å²) in [4.78, 5) is 22.7. The second-order valence-electron chi connectivity index (χ2n) is 4.91. The van der Waals surface area contributed by atoms with Crippen molar-refractivity contribution in [2.75, 3.05) is 6.61 Å². The first-order valence-electron chi connectivity index (χ1n) is 6.23. The van der Waals surface area contributed by atoms with E-state index >= 15 is 0 Å². The third kappa shape index (κ3) is 3.68. The number of ether oxygens (including phenoxy) is 1. The van der Waals surface area contributed by atoms with Gasteiger partial charge in [0.05, 0.1) is 0 Å². The number of aliphatic hydroxyl groups is 1. The van der Waals surface area contributed by atoms with Crippen LogP contribution < -0.4 is 5.32 Å². The second-order valence-corrected chi connectivity index (χ2v) is 4.91. The minimum Gasteiger partial charge on any atom is -0.479 e. The molecule has 1 saturated heterocycles. The molecule has 0 aromatic rings. The van der Waals surface area contributed by atoms with E-state index in [4.69, 9.17) is 14.9 Å². The third-order valence-electron chi connectivity index (χ3n) is 3.46. The Hall–Kier alpha value is -1.14. The van der Waals surface area contributed by atoms with Gasteiger partial charge in [0.15, 0.2) is 6.10 Å². The molecule has 3 N–H and O–H groups in total. The molecule has 0 bridgehead atoms. The summed E-state index contributed by atoms with van der Waals surface area (Å²) in [7, 11) is 0. The van der Waals surface area contributed by atoms with E-state index in [0.29, 0.717) is 25.7 Å². The zero-order chi connectivity index (χ0) is 13.8. The van der Waals surface area contributed by atoms with Gasteiger partial charge in [0.25, 0.3) is 0 Å². The van der Waals surface area contributed by atoms with Gasteiger partial charge in [-0.05, 0) is 32.6 Å². The van der Waals surface area contributed by atoms with Crippen LogP contribution in [0, 0.1) is 0 Å². The van der Waals surface area contributed by atoms with Gasteiger partial charge in [-0.25, -0.2) is 4.79 Å². The molecule has 0 aliphatic carbocycles. The van der Waals surface area contributed by atoms with Crippen molar-refractivity contribution >= 4 is 11.9 Å². The van der Waals surface area contributed by atoms with Gasteiger partial charge >= 0.3 is 5.97 Å². The fraction of sp³-hybridized carbons (Fsp3) is 0.833. The summed E-state index contributed by atoms with van der Waals surface area (Å²) < 4.78 is 5.18. The predicted molar refractivity (Wildman–Crippen MR) is 64.1 cm³/mol. The van der Waals surface area contributed by atoms with Crippen LogP contribution in [0.3, 0.4) is 0 Å². The van der Waals surface area contributed by atoms with E-state index in [9.17, 15) is 9.59 Å². The smallest absolute Gasteiger partial charge is 0.332 e. The van der Waals surface area contributed by atoms with Gasteiger partial charge in [-0.2, -0.15) is 0 Å². The molecule has 6 nitrogen and oxygen atoms in total. The molecule has 0 aromatic heterocycles. The normalized spacial score (nSPS) is 26.6. The minimum atomic E-state index is -1.03. The van der Waals surface area contributed by atoms with Crippen LogP contribution in [0.2, 0.25) is 0 Å². The second kappa shape index (κ2) is 6.15. The Bertz CT molecular complexity index is 320. The Morgan fingerprint density at radius 1 is 1.39 bits per heavy atom. The number of carbonyl (C=O) groups is 2. The topological polar surface area (TPSA) is 95.9 Å². The van der Waals surface area contributed by atoms with E-state index in [1.807, 2.05) is 13.8 Å². The number of amides is 1. The Labute approximate surface area is 106 Å². The number of hydrogen-bond donors (Lipinski definition) is 3. The molecular formula is C12H21NO5.